The number of hydrogen-bond acceptors (Lipinski definition) is 5. The fourth-order valence-corrected chi connectivity index (χ4v) is 3.75. The number of aromatic amines is 1. The lowest BCUT2D eigenvalue weighted by atomic mass is 10.1. The van der Waals surface area contributed by atoms with Gasteiger partial charge in [-0.05, 0) is 17.7 Å². The Balaban J connectivity index is 1.36. The van der Waals surface area contributed by atoms with Crippen LogP contribution < -0.4 is 0 Å². The molecule has 28 heavy (non-hydrogen) atoms. The van der Waals surface area contributed by atoms with E-state index in [1.807, 2.05) is 48.5 Å². The average Bonchev–Trinajstić information content (AvgIpc) is 3.42. The van der Waals surface area contributed by atoms with E-state index in [4.69, 9.17) is 16.1 Å². The molecular weight excluding hydrogens is 378 g/mol. The van der Waals surface area contributed by atoms with Crippen LogP contribution >= 0.6 is 11.6 Å². The van der Waals surface area contributed by atoms with Crippen LogP contribution in [0, 0.1) is 0 Å². The molecule has 1 fully saturated rings. The SMILES string of the molecule is O=C1CC(c2noc(-c3n[nH]c4ccccc34)n2)CN1Cc1ccccc1Cl. The molecule has 1 N–H and O–H groups in total. The van der Waals surface area contributed by atoms with Gasteiger partial charge in [-0.15, -0.1) is 0 Å². The molecule has 8 heteroatoms. The van der Waals surface area contributed by atoms with Crippen molar-refractivity contribution in [2.24, 2.45) is 0 Å². The molecule has 1 amide bonds. The number of nitrogens with one attached hydrogen (secondary N) is 1. The summed E-state index contributed by atoms with van der Waals surface area (Å²) in [6, 6.07) is 15.3. The number of H-pyrrole nitrogens is 1. The van der Waals surface area contributed by atoms with E-state index in [0.717, 1.165) is 16.5 Å². The maximum atomic E-state index is 12.5. The van der Waals surface area contributed by atoms with Crippen LogP contribution in [0.2, 0.25) is 5.02 Å². The van der Waals surface area contributed by atoms with E-state index >= 15 is 0 Å². The van der Waals surface area contributed by atoms with Crippen LogP contribution in [0.25, 0.3) is 22.5 Å². The van der Waals surface area contributed by atoms with Gasteiger partial charge in [-0.2, -0.15) is 10.1 Å². The molecule has 1 aliphatic rings. The number of benzene rings is 2. The van der Waals surface area contributed by atoms with Gasteiger partial charge in [0.2, 0.25) is 5.91 Å². The molecule has 0 saturated carbocycles. The van der Waals surface area contributed by atoms with Gasteiger partial charge >= 0.3 is 0 Å². The molecule has 5 rings (SSSR count). The zero-order valence-corrected chi connectivity index (χ0v) is 15.6. The highest BCUT2D eigenvalue weighted by Gasteiger charge is 2.34. The molecule has 140 valence electrons. The van der Waals surface area contributed by atoms with Crippen LogP contribution in [0.1, 0.15) is 23.7 Å². The number of aromatic nitrogens is 4. The molecule has 1 unspecified atom stereocenters. The topological polar surface area (TPSA) is 87.9 Å². The van der Waals surface area contributed by atoms with Crippen molar-refractivity contribution in [3.05, 3.63) is 64.9 Å². The molecule has 3 heterocycles. The van der Waals surface area contributed by atoms with Crippen molar-refractivity contribution >= 4 is 28.4 Å². The van der Waals surface area contributed by atoms with Crippen molar-refractivity contribution in [3.8, 4) is 11.6 Å². The zero-order chi connectivity index (χ0) is 19.1. The second kappa shape index (κ2) is 6.76. The minimum atomic E-state index is -0.113. The van der Waals surface area contributed by atoms with Gasteiger partial charge in [-0.3, -0.25) is 9.89 Å². The van der Waals surface area contributed by atoms with Crippen molar-refractivity contribution in [3.63, 3.8) is 0 Å². The largest absolute Gasteiger partial charge is 0.338 e. The molecule has 0 aliphatic carbocycles. The first-order valence-corrected chi connectivity index (χ1v) is 9.35. The number of para-hydroxylation sites is 1. The highest BCUT2D eigenvalue weighted by Crippen LogP contribution is 2.31. The van der Waals surface area contributed by atoms with Crippen molar-refractivity contribution in [1.29, 1.82) is 0 Å². The summed E-state index contributed by atoms with van der Waals surface area (Å²) in [5, 5.41) is 12.9. The lowest BCUT2D eigenvalue weighted by molar-refractivity contribution is -0.128. The lowest BCUT2D eigenvalue weighted by Gasteiger charge is -2.16. The minimum absolute atomic E-state index is 0.0569. The quantitative estimate of drug-likeness (QED) is 0.570. The van der Waals surface area contributed by atoms with Crippen LogP contribution in [-0.2, 0) is 11.3 Å². The summed E-state index contributed by atoms with van der Waals surface area (Å²) in [4.78, 5) is 18.8. The number of halogens is 1. The van der Waals surface area contributed by atoms with Crippen molar-refractivity contribution in [1.82, 2.24) is 25.2 Å². The number of fused-ring (bicyclic) bond motifs is 1. The summed E-state index contributed by atoms with van der Waals surface area (Å²) in [6.45, 7) is 1.01. The Bertz CT molecular complexity index is 1170. The Kier molecular flexibility index (Phi) is 4.09. The number of amides is 1. The van der Waals surface area contributed by atoms with Crippen molar-refractivity contribution < 1.29 is 9.32 Å². The summed E-state index contributed by atoms with van der Waals surface area (Å²) in [5.74, 6) is 0.820. The highest BCUT2D eigenvalue weighted by molar-refractivity contribution is 6.31. The van der Waals surface area contributed by atoms with Gasteiger partial charge in [-0.25, -0.2) is 0 Å². The van der Waals surface area contributed by atoms with E-state index in [1.54, 1.807) is 4.90 Å². The van der Waals surface area contributed by atoms with Gasteiger partial charge in [0.05, 0.1) is 5.52 Å². The summed E-state index contributed by atoms with van der Waals surface area (Å²) in [5.41, 5.74) is 2.45. The van der Waals surface area contributed by atoms with E-state index in [2.05, 4.69) is 20.3 Å². The predicted molar refractivity (Wildman–Crippen MR) is 104 cm³/mol. The maximum Gasteiger partial charge on any atom is 0.279 e. The van der Waals surface area contributed by atoms with Gasteiger partial charge in [0.25, 0.3) is 5.89 Å². The highest BCUT2D eigenvalue weighted by atomic mass is 35.5. The Labute approximate surface area is 165 Å². The molecule has 0 spiro atoms. The number of carbonyl (C=O) groups excluding carboxylic acids is 1. The first-order chi connectivity index (χ1) is 13.7. The normalized spacial score (nSPS) is 17.0. The Hall–Kier alpha value is -3.19. The standard InChI is InChI=1S/C20H16ClN5O2/c21-15-7-3-1-5-12(15)10-26-11-13(9-17(26)27)19-22-20(28-25-19)18-14-6-2-4-8-16(14)23-24-18/h1-8,13H,9-11H2,(H,23,24). The van der Waals surface area contributed by atoms with Gasteiger partial charge in [-0.1, -0.05) is 53.2 Å². The fourth-order valence-electron chi connectivity index (χ4n) is 3.55. The van der Waals surface area contributed by atoms with Crippen molar-refractivity contribution in [2.45, 2.75) is 18.9 Å². The molecule has 2 aromatic carbocycles. The number of likely N-dealkylation sites (tertiary alicyclic amines) is 1. The average molecular weight is 394 g/mol. The molecule has 0 radical (unpaired) electrons. The van der Waals surface area contributed by atoms with Crippen LogP contribution in [-0.4, -0.2) is 37.7 Å². The second-order valence-electron chi connectivity index (χ2n) is 6.84. The summed E-state index contributed by atoms with van der Waals surface area (Å²) in [7, 11) is 0. The predicted octanol–water partition coefficient (Wildman–Crippen LogP) is 3.78. The molecule has 0 bridgehead atoms. The summed E-state index contributed by atoms with van der Waals surface area (Å²) < 4.78 is 5.44. The maximum absolute atomic E-state index is 12.5. The van der Waals surface area contributed by atoms with Crippen LogP contribution in [0.15, 0.2) is 53.1 Å². The van der Waals surface area contributed by atoms with Gasteiger partial charge in [0.15, 0.2) is 11.5 Å². The van der Waals surface area contributed by atoms with Crippen LogP contribution in [0.5, 0.6) is 0 Å². The number of nitrogens with zero attached hydrogens (tertiary/aromatic N) is 4. The molecule has 1 saturated heterocycles. The van der Waals surface area contributed by atoms with Gasteiger partial charge in [0.1, 0.15) is 0 Å². The molecule has 7 nitrogen and oxygen atoms in total. The molecular formula is C20H16ClN5O2. The van der Waals surface area contributed by atoms with Crippen LogP contribution in [0.3, 0.4) is 0 Å². The second-order valence-corrected chi connectivity index (χ2v) is 7.25. The Morgan fingerprint density at radius 2 is 2.00 bits per heavy atom. The van der Waals surface area contributed by atoms with E-state index < -0.39 is 0 Å². The van der Waals surface area contributed by atoms with E-state index in [9.17, 15) is 4.79 Å². The van der Waals surface area contributed by atoms with Gasteiger partial charge in [0, 0.05) is 35.8 Å². The van der Waals surface area contributed by atoms with Gasteiger partial charge < -0.3 is 9.42 Å². The van der Waals surface area contributed by atoms with Crippen LogP contribution in [0.4, 0.5) is 0 Å². The van der Waals surface area contributed by atoms with E-state index in [-0.39, 0.29) is 11.8 Å². The zero-order valence-electron chi connectivity index (χ0n) is 14.8. The smallest absolute Gasteiger partial charge is 0.279 e. The number of rotatable bonds is 4. The third kappa shape index (κ3) is 2.93. The Morgan fingerprint density at radius 3 is 2.89 bits per heavy atom. The van der Waals surface area contributed by atoms with E-state index in [0.29, 0.717) is 41.9 Å². The third-order valence-corrected chi connectivity index (χ3v) is 5.38. The molecule has 1 atom stereocenters. The Morgan fingerprint density at radius 1 is 1.18 bits per heavy atom. The van der Waals surface area contributed by atoms with E-state index in [1.165, 1.54) is 0 Å². The molecule has 1 aliphatic heterocycles. The fraction of sp³-hybridized carbons (Fsp3) is 0.200. The first-order valence-electron chi connectivity index (χ1n) is 8.97. The summed E-state index contributed by atoms with van der Waals surface area (Å²) in [6.07, 6.45) is 0.352. The number of hydrogen-bond donors (Lipinski definition) is 1. The molecule has 2 aromatic heterocycles. The first kappa shape index (κ1) is 16.9. The molecule has 4 aromatic rings. The summed E-state index contributed by atoms with van der Waals surface area (Å²) >= 11 is 6.22. The minimum Gasteiger partial charge on any atom is -0.338 e. The lowest BCUT2D eigenvalue weighted by Crippen LogP contribution is -2.24. The van der Waals surface area contributed by atoms with Crippen molar-refractivity contribution in [2.75, 3.05) is 6.54 Å². The number of carbonyl (C=O) groups is 1. The third-order valence-electron chi connectivity index (χ3n) is 5.01. The monoisotopic (exact) mass is 393 g/mol.